The molecule has 1 unspecified atom stereocenters. The van der Waals surface area contributed by atoms with Crippen LogP contribution in [0.2, 0.25) is 0 Å². The number of anilines is 2. The van der Waals surface area contributed by atoms with Gasteiger partial charge in [-0.25, -0.2) is 14.3 Å². The molecule has 10 atom stereocenters. The number of nitrogen functional groups attached to an aromatic ring is 1. The minimum atomic E-state index is -5.11. The standard InChI is InChI=1S/C30H41N6O16P/c1-12(21-13(2)33-26-22(34-21)27(44)36-30(31)35-26)32-15-5-3-14(4-6-15)9-16(37)23(41)17(38)10-49-29-25(43)24(42)19(51-29)11-50-53(47,48)52-18(28(45)46)7-8-20(39)40/h3-6,12,16-19,23-25,29,32,37-38,41-43H,7-11H2,1-2H3,(H,39,40)(H,45,46)(H,47,48)(H3,31,33,35,36,44)/t12-,16+,17-,18+,19-,23+,24-,25-,29+/m1/s1. The average Bonchev–Trinajstić information content (AvgIpc) is 3.35. The second-order valence-corrected chi connectivity index (χ2v) is 13.6. The molecule has 3 aliphatic rings. The fourth-order valence-electron chi connectivity index (χ4n) is 5.30. The van der Waals surface area contributed by atoms with E-state index in [1.165, 1.54) is 0 Å². The summed E-state index contributed by atoms with van der Waals surface area (Å²) in [5.41, 5.74) is 7.41. The summed E-state index contributed by atoms with van der Waals surface area (Å²) >= 11 is 0. The van der Waals surface area contributed by atoms with E-state index in [-0.39, 0.29) is 29.9 Å². The molecule has 1 aromatic rings. The Morgan fingerprint density at radius 2 is 1.75 bits per heavy atom. The molecule has 4 rings (SSSR count). The summed E-state index contributed by atoms with van der Waals surface area (Å²) < 4.78 is 32.0. The molecule has 3 aliphatic heterocycles. The zero-order valence-corrected chi connectivity index (χ0v) is 29.1. The smallest absolute Gasteiger partial charge is 0.473 e. The van der Waals surface area contributed by atoms with Gasteiger partial charge in [0.05, 0.1) is 31.1 Å². The van der Waals surface area contributed by atoms with Gasteiger partial charge in [-0.05, 0) is 38.0 Å². The number of rotatable bonds is 19. The van der Waals surface area contributed by atoms with Gasteiger partial charge in [0.25, 0.3) is 0 Å². The number of aromatic amines is 1. The largest absolute Gasteiger partial charge is 0.481 e. The Labute approximate surface area is 300 Å². The van der Waals surface area contributed by atoms with E-state index in [0.717, 1.165) is 0 Å². The third-order valence-corrected chi connectivity index (χ3v) is 9.08. The van der Waals surface area contributed by atoms with Crippen molar-refractivity contribution < 1.29 is 73.3 Å². The quantitative estimate of drug-likeness (QED) is 0.0603. The zero-order valence-electron chi connectivity index (χ0n) is 28.3. The predicted octanol–water partition coefficient (Wildman–Crippen LogP) is -1.73. The summed E-state index contributed by atoms with van der Waals surface area (Å²) in [6.07, 6.45) is -15.0. The molecule has 53 heavy (non-hydrogen) atoms. The Bertz CT molecular complexity index is 1800. The Morgan fingerprint density at radius 3 is 2.40 bits per heavy atom. The highest BCUT2D eigenvalue weighted by atomic mass is 31.2. The molecule has 0 saturated carbocycles. The number of carbonyl (C=O) groups is 2. The van der Waals surface area contributed by atoms with Crippen LogP contribution >= 0.6 is 7.82 Å². The number of fused-ring (bicyclic) bond motifs is 1. The fraction of sp³-hybridized carbons (Fsp3) is 0.533. The summed E-state index contributed by atoms with van der Waals surface area (Å²) in [4.78, 5) is 59.1. The van der Waals surface area contributed by atoms with E-state index in [2.05, 4.69) is 34.3 Å². The van der Waals surface area contributed by atoms with Crippen LogP contribution in [0, 0.1) is 6.92 Å². The number of aliphatic carboxylic acids is 2. The second kappa shape index (κ2) is 17.8. The normalized spacial score (nSPS) is 22.8. The lowest BCUT2D eigenvalue weighted by Crippen LogP contribution is -2.43. The molecule has 0 bridgehead atoms. The van der Waals surface area contributed by atoms with Crippen LogP contribution < -0.4 is 16.6 Å². The highest BCUT2D eigenvalue weighted by Crippen LogP contribution is 2.46. The number of aliphatic hydroxyl groups excluding tert-OH is 5. The molecule has 1 saturated heterocycles. The number of hydrogen-bond donors (Lipinski definition) is 11. The Hall–Kier alpha value is -4.19. The number of nitrogens with one attached hydrogen (secondary N) is 2. The van der Waals surface area contributed by atoms with Crippen LogP contribution in [0.4, 0.5) is 11.6 Å². The van der Waals surface area contributed by atoms with Crippen LogP contribution in [-0.4, -0.2) is 135 Å². The topological polar surface area (TPSA) is 360 Å². The summed E-state index contributed by atoms with van der Waals surface area (Å²) in [5.74, 6) is -3.04. The molecule has 3 heterocycles. The molecule has 0 aromatic heterocycles. The van der Waals surface area contributed by atoms with E-state index >= 15 is 0 Å². The molecule has 0 radical (unpaired) electrons. The monoisotopic (exact) mass is 772 g/mol. The summed E-state index contributed by atoms with van der Waals surface area (Å²) in [6.45, 7) is 2.00. The first kappa shape index (κ1) is 41.6. The number of carboxylic acids is 2. The third kappa shape index (κ3) is 11.2. The minimum Gasteiger partial charge on any atom is -0.481 e. The molecular formula is C30H41N6O16P. The number of aliphatic hydroxyl groups is 5. The number of phosphoric acid groups is 1. The van der Waals surface area contributed by atoms with Gasteiger partial charge < -0.3 is 66.1 Å². The van der Waals surface area contributed by atoms with E-state index in [4.69, 9.17) is 25.4 Å². The summed E-state index contributed by atoms with van der Waals surface area (Å²) in [6, 6.07) is 6.40. The Kier molecular flexibility index (Phi) is 13.9. The maximum absolute atomic E-state index is 12.2. The number of hydrogen-bond acceptors (Lipinski definition) is 18. The van der Waals surface area contributed by atoms with Gasteiger partial charge in [-0.1, -0.05) is 12.1 Å². The van der Waals surface area contributed by atoms with Crippen molar-refractivity contribution in [3.8, 4) is 11.5 Å². The number of ether oxygens (including phenoxy) is 2. The van der Waals surface area contributed by atoms with E-state index in [1.807, 2.05) is 6.92 Å². The zero-order chi connectivity index (χ0) is 39.2. The molecule has 12 N–H and O–H groups in total. The highest BCUT2D eigenvalue weighted by molar-refractivity contribution is 7.47. The highest BCUT2D eigenvalue weighted by Gasteiger charge is 2.45. The van der Waals surface area contributed by atoms with Gasteiger partial charge in [-0.2, -0.15) is 9.97 Å². The first-order valence-electron chi connectivity index (χ1n) is 16.0. The van der Waals surface area contributed by atoms with Gasteiger partial charge in [0, 0.05) is 24.2 Å². The van der Waals surface area contributed by atoms with Crippen molar-refractivity contribution in [3.63, 3.8) is 0 Å². The van der Waals surface area contributed by atoms with Crippen molar-refractivity contribution in [2.45, 2.75) is 88.2 Å². The van der Waals surface area contributed by atoms with E-state index < -0.39 is 100 Å². The predicted molar refractivity (Wildman–Crippen MR) is 178 cm³/mol. The Morgan fingerprint density at radius 1 is 1.08 bits per heavy atom. The van der Waals surface area contributed by atoms with Crippen molar-refractivity contribution in [3.05, 3.63) is 51.6 Å². The number of nitrogens with zero attached hydrogens (tertiary/aromatic N) is 3. The van der Waals surface area contributed by atoms with Crippen molar-refractivity contribution in [2.75, 3.05) is 24.3 Å². The lowest BCUT2D eigenvalue weighted by Gasteiger charge is -2.25. The Balaban J connectivity index is 1.24. The average molecular weight is 773 g/mol. The van der Waals surface area contributed by atoms with Gasteiger partial charge in [-0.3, -0.25) is 18.6 Å². The number of phosphoric ester groups is 1. The number of aryl methyl sites for hydroxylation is 1. The van der Waals surface area contributed by atoms with Crippen molar-refractivity contribution in [2.24, 2.45) is 0 Å². The molecule has 0 aliphatic carbocycles. The summed E-state index contributed by atoms with van der Waals surface area (Å²) in [7, 11) is -5.11. The van der Waals surface area contributed by atoms with Gasteiger partial charge >= 0.3 is 25.3 Å². The van der Waals surface area contributed by atoms with Crippen LogP contribution in [0.3, 0.4) is 0 Å². The molecule has 0 spiro atoms. The number of H-pyrrole nitrogens is 1. The van der Waals surface area contributed by atoms with Crippen LogP contribution in [0.5, 0.6) is 0 Å². The van der Waals surface area contributed by atoms with Crippen LogP contribution in [0.25, 0.3) is 11.5 Å². The van der Waals surface area contributed by atoms with Crippen molar-refractivity contribution >= 4 is 31.4 Å². The molecule has 1 aromatic carbocycles. The third-order valence-electron chi connectivity index (χ3n) is 8.08. The van der Waals surface area contributed by atoms with E-state index in [1.54, 1.807) is 31.2 Å². The molecule has 0 amide bonds. The van der Waals surface area contributed by atoms with Crippen LogP contribution in [-0.2, 0) is 39.1 Å². The maximum atomic E-state index is 12.2. The maximum Gasteiger partial charge on any atom is 0.473 e. The van der Waals surface area contributed by atoms with Crippen LogP contribution in [0.1, 0.15) is 42.8 Å². The first-order valence-corrected chi connectivity index (χ1v) is 17.5. The van der Waals surface area contributed by atoms with Crippen molar-refractivity contribution in [1.29, 1.82) is 0 Å². The van der Waals surface area contributed by atoms with Gasteiger partial charge in [0.15, 0.2) is 23.9 Å². The SMILES string of the molecule is Cc1[nH]c2nc(N)nc(=O)c-2nc1[C@@H](C)Nc1ccc(C[C@H](O)[C@H](O)[C@H](O)CO[C@H]2O[C@H](COP(=O)(O)O[C@@H](CCC(=O)O)C(=O)O)[C@@H](O)[C@H]2O)cc1. The number of benzene rings is 1. The summed E-state index contributed by atoms with van der Waals surface area (Å²) in [5, 5.41) is 73.2. The first-order chi connectivity index (χ1) is 24.8. The van der Waals surface area contributed by atoms with Gasteiger partial charge in [-0.15, -0.1) is 0 Å². The molecule has 292 valence electrons. The molecule has 23 heteroatoms. The molecule has 22 nitrogen and oxygen atoms in total. The van der Waals surface area contributed by atoms with Crippen molar-refractivity contribution in [1.82, 2.24) is 19.9 Å². The van der Waals surface area contributed by atoms with Gasteiger partial charge in [0.2, 0.25) is 5.95 Å². The number of aromatic nitrogens is 4. The van der Waals surface area contributed by atoms with Gasteiger partial charge in [0.1, 0.15) is 30.5 Å². The number of carboxylic acid groups (broad SMARTS) is 2. The molecular weight excluding hydrogens is 731 g/mol. The van der Waals surface area contributed by atoms with E-state index in [0.29, 0.717) is 22.6 Å². The minimum absolute atomic E-state index is 0.0382. The van der Waals surface area contributed by atoms with E-state index in [9.17, 15) is 49.4 Å². The fourth-order valence-corrected chi connectivity index (χ4v) is 6.21. The lowest BCUT2D eigenvalue weighted by molar-refractivity contribution is -0.192. The van der Waals surface area contributed by atoms with Crippen LogP contribution in [0.15, 0.2) is 29.1 Å². The second-order valence-electron chi connectivity index (χ2n) is 12.2. The lowest BCUT2D eigenvalue weighted by atomic mass is 10.0. The number of nitrogens with two attached hydrogens (primary N) is 1. The molecule has 1 fully saturated rings.